The van der Waals surface area contributed by atoms with Crippen molar-refractivity contribution in [3.05, 3.63) is 109 Å². The Kier molecular flexibility index (Phi) is 14.0. The largest absolute Gasteiger partial charge is 0.497 e. The van der Waals surface area contributed by atoms with Crippen molar-refractivity contribution in [2.75, 3.05) is 25.8 Å². The van der Waals surface area contributed by atoms with Gasteiger partial charge in [-0.1, -0.05) is 72.8 Å². The van der Waals surface area contributed by atoms with E-state index in [1.54, 1.807) is 34.8 Å². The zero-order valence-electron chi connectivity index (χ0n) is 31.3. The monoisotopic (exact) mass is 756 g/mol. The second kappa shape index (κ2) is 18.8. The Morgan fingerprint density at radius 3 is 1.83 bits per heavy atom. The van der Waals surface area contributed by atoms with E-state index >= 15 is 4.57 Å². The van der Waals surface area contributed by atoms with Gasteiger partial charge in [0.2, 0.25) is 7.44 Å². The molecule has 5 rings (SSSR count). The molecule has 0 saturated heterocycles. The van der Waals surface area contributed by atoms with E-state index in [1.807, 2.05) is 95.7 Å². The predicted octanol–water partition coefficient (Wildman–Crippen LogP) is 6.16. The van der Waals surface area contributed by atoms with Crippen molar-refractivity contribution in [2.45, 2.75) is 71.4 Å². The smallest absolute Gasteiger partial charge is 0.324 e. The SMILES string of the molecule is COc1ccc(-c2cn(CCOCP(=O)(N[C@@H](Cc3ccccc3)C(=O)OC(C)C)N[C@@H](Cc3ccccc3)C(=O)OC(C)C)c3ncnc(N)c23)cc1. The van der Waals surface area contributed by atoms with Crippen LogP contribution in [-0.4, -0.2) is 70.8 Å². The molecule has 2 aromatic heterocycles. The maximum absolute atomic E-state index is 15.1. The molecule has 286 valence electrons. The van der Waals surface area contributed by atoms with Gasteiger partial charge in [0, 0.05) is 18.3 Å². The van der Waals surface area contributed by atoms with E-state index in [2.05, 4.69) is 20.1 Å². The fourth-order valence-corrected chi connectivity index (χ4v) is 7.98. The maximum Gasteiger partial charge on any atom is 0.324 e. The van der Waals surface area contributed by atoms with Crippen LogP contribution in [0.1, 0.15) is 38.8 Å². The summed E-state index contributed by atoms with van der Waals surface area (Å²) in [7, 11) is -2.31. The van der Waals surface area contributed by atoms with E-state index in [9.17, 15) is 9.59 Å². The Labute approximate surface area is 316 Å². The minimum atomic E-state index is -3.92. The van der Waals surface area contributed by atoms with Crippen LogP contribution in [-0.2, 0) is 47.8 Å². The van der Waals surface area contributed by atoms with Gasteiger partial charge < -0.3 is 29.2 Å². The third-order valence-corrected chi connectivity index (χ3v) is 10.4. The molecule has 0 bridgehead atoms. The number of aromatic nitrogens is 3. The fraction of sp³-hybridized carbons (Fsp3) is 0.350. The number of esters is 2. The van der Waals surface area contributed by atoms with Crippen molar-refractivity contribution in [1.29, 1.82) is 0 Å². The average Bonchev–Trinajstić information content (AvgIpc) is 3.53. The molecule has 0 unspecified atom stereocenters. The number of nitrogen functional groups attached to an aromatic ring is 1. The predicted molar refractivity (Wildman–Crippen MR) is 209 cm³/mol. The lowest BCUT2D eigenvalue weighted by Gasteiger charge is -2.29. The number of rotatable bonds is 19. The topological polar surface area (TPSA) is 169 Å². The van der Waals surface area contributed by atoms with E-state index in [4.69, 9.17) is 24.7 Å². The zero-order chi connectivity index (χ0) is 38.7. The summed E-state index contributed by atoms with van der Waals surface area (Å²) in [6, 6.07) is 24.2. The lowest BCUT2D eigenvalue weighted by atomic mass is 10.1. The number of nitrogens with two attached hydrogens (primary N) is 1. The summed E-state index contributed by atoms with van der Waals surface area (Å²) >= 11 is 0. The summed E-state index contributed by atoms with van der Waals surface area (Å²) in [5.74, 6) is -0.109. The molecule has 3 aromatic carbocycles. The molecule has 2 heterocycles. The maximum atomic E-state index is 15.1. The lowest BCUT2D eigenvalue weighted by molar-refractivity contribution is -0.150. The Morgan fingerprint density at radius 2 is 1.33 bits per heavy atom. The van der Waals surface area contributed by atoms with Crippen LogP contribution in [0.3, 0.4) is 0 Å². The molecule has 0 aliphatic rings. The van der Waals surface area contributed by atoms with Crippen LogP contribution in [0.2, 0.25) is 0 Å². The number of hydrogen-bond acceptors (Lipinski definition) is 10. The van der Waals surface area contributed by atoms with Crippen LogP contribution < -0.4 is 20.6 Å². The number of methoxy groups -OCH3 is 1. The second-order valence-corrected chi connectivity index (χ2v) is 15.7. The molecule has 0 aliphatic carbocycles. The first kappa shape index (κ1) is 40.1. The van der Waals surface area contributed by atoms with Gasteiger partial charge in [-0.3, -0.25) is 14.2 Å². The highest BCUT2D eigenvalue weighted by Crippen LogP contribution is 2.39. The number of carbonyl (C=O) groups excluding carboxylic acids is 2. The molecular weight excluding hydrogens is 707 g/mol. The summed E-state index contributed by atoms with van der Waals surface area (Å²) in [6.07, 6.45) is 2.50. The summed E-state index contributed by atoms with van der Waals surface area (Å²) in [5, 5.41) is 6.82. The van der Waals surface area contributed by atoms with E-state index in [-0.39, 0.29) is 25.8 Å². The molecule has 14 heteroatoms. The Balaban J connectivity index is 1.42. The Hall–Kier alpha value is -5.07. The van der Waals surface area contributed by atoms with Crippen molar-refractivity contribution in [2.24, 2.45) is 0 Å². The van der Waals surface area contributed by atoms with Crippen molar-refractivity contribution in [3.8, 4) is 16.9 Å². The molecule has 0 saturated carbocycles. The molecule has 54 heavy (non-hydrogen) atoms. The number of hydrogen-bond donors (Lipinski definition) is 3. The third-order valence-electron chi connectivity index (χ3n) is 8.40. The molecule has 4 N–H and O–H groups in total. The standard InChI is InChI=1S/C40H49N6O7P/c1-27(2)52-39(47)34(22-29-12-8-6-9-13-29)44-54(49,45-35(40(48)53-28(3)4)23-30-14-10-7-11-15-30)26-51-21-20-46-24-33(31-16-18-32(50-5)19-17-31)36-37(41)42-25-43-38(36)46/h6-19,24-25,27-28,34-35H,20-23,26H2,1-5H3,(H2,41,42,43)(H2,44,45,49)/t34-,35-/m0/s1. The van der Waals surface area contributed by atoms with Crippen LogP contribution in [0.4, 0.5) is 5.82 Å². The van der Waals surface area contributed by atoms with Crippen molar-refractivity contribution in [1.82, 2.24) is 24.7 Å². The molecular formula is C40H49N6O7P. The highest BCUT2D eigenvalue weighted by molar-refractivity contribution is 7.59. The number of nitrogens with zero attached hydrogens (tertiary/aromatic N) is 3. The summed E-state index contributed by atoms with van der Waals surface area (Å²) in [5.41, 5.74) is 10.3. The lowest BCUT2D eigenvalue weighted by Crippen LogP contribution is -2.47. The zero-order valence-corrected chi connectivity index (χ0v) is 32.2. The number of carbonyl (C=O) groups is 2. The fourth-order valence-electron chi connectivity index (χ4n) is 5.97. The molecule has 0 radical (unpaired) electrons. The van der Waals surface area contributed by atoms with Crippen molar-refractivity contribution < 1.29 is 33.1 Å². The van der Waals surface area contributed by atoms with Crippen LogP contribution in [0, 0.1) is 0 Å². The van der Waals surface area contributed by atoms with E-state index in [0.29, 0.717) is 23.4 Å². The third kappa shape index (κ3) is 11.0. The molecule has 0 spiro atoms. The second-order valence-electron chi connectivity index (χ2n) is 13.4. The van der Waals surface area contributed by atoms with Crippen LogP contribution in [0.25, 0.3) is 22.2 Å². The van der Waals surface area contributed by atoms with E-state index < -0.39 is 43.7 Å². The van der Waals surface area contributed by atoms with Gasteiger partial charge in [-0.05, 0) is 69.4 Å². The normalized spacial score (nSPS) is 12.9. The molecule has 13 nitrogen and oxygen atoms in total. The first-order chi connectivity index (χ1) is 25.9. The molecule has 0 amide bonds. The number of anilines is 1. The van der Waals surface area contributed by atoms with Crippen LogP contribution in [0.15, 0.2) is 97.5 Å². The summed E-state index contributed by atoms with van der Waals surface area (Å²) in [4.78, 5) is 35.8. The molecule has 5 aromatic rings. The van der Waals surface area contributed by atoms with Gasteiger partial charge in [0.05, 0.1) is 31.3 Å². The van der Waals surface area contributed by atoms with Crippen LogP contribution in [0.5, 0.6) is 5.75 Å². The minimum Gasteiger partial charge on any atom is -0.497 e. The Morgan fingerprint density at radius 1 is 0.796 bits per heavy atom. The van der Waals surface area contributed by atoms with Gasteiger partial charge in [0.1, 0.15) is 42.0 Å². The van der Waals surface area contributed by atoms with Gasteiger partial charge in [-0.25, -0.2) is 20.1 Å². The van der Waals surface area contributed by atoms with Gasteiger partial charge in [-0.15, -0.1) is 0 Å². The van der Waals surface area contributed by atoms with E-state index in [1.165, 1.54) is 6.33 Å². The van der Waals surface area contributed by atoms with Crippen molar-refractivity contribution in [3.63, 3.8) is 0 Å². The number of benzene rings is 3. The highest BCUT2D eigenvalue weighted by Gasteiger charge is 2.36. The Bertz CT molecular complexity index is 1950. The van der Waals surface area contributed by atoms with Crippen LogP contribution >= 0.6 is 7.44 Å². The van der Waals surface area contributed by atoms with E-state index in [0.717, 1.165) is 28.0 Å². The first-order valence-electron chi connectivity index (χ1n) is 17.9. The molecule has 0 fully saturated rings. The average molecular weight is 757 g/mol. The number of fused-ring (bicyclic) bond motifs is 1. The van der Waals surface area contributed by atoms with Gasteiger partial charge in [0.25, 0.3) is 0 Å². The number of nitrogens with one attached hydrogen (secondary N) is 2. The van der Waals surface area contributed by atoms with Gasteiger partial charge in [0.15, 0.2) is 0 Å². The number of ether oxygens (including phenoxy) is 4. The first-order valence-corrected chi connectivity index (χ1v) is 19.8. The molecule has 0 aliphatic heterocycles. The van der Waals surface area contributed by atoms with Gasteiger partial charge >= 0.3 is 11.9 Å². The van der Waals surface area contributed by atoms with Gasteiger partial charge in [-0.2, -0.15) is 0 Å². The molecule has 2 atom stereocenters. The summed E-state index contributed by atoms with van der Waals surface area (Å²) in [6.45, 7) is 7.41. The highest BCUT2D eigenvalue weighted by atomic mass is 31.2. The quantitative estimate of drug-likeness (QED) is 0.0499. The minimum absolute atomic E-state index is 0.0999. The van der Waals surface area contributed by atoms with Crippen molar-refractivity contribution >= 4 is 36.2 Å². The summed E-state index contributed by atoms with van der Waals surface area (Å²) < 4.78 is 39.7.